The fraction of sp³-hybridized carbons (Fsp3) is 0.250. The Morgan fingerprint density at radius 1 is 0.773 bits per heavy atom. The van der Waals surface area contributed by atoms with Gasteiger partial charge in [0.15, 0.2) is 0 Å². The molecule has 0 aromatic heterocycles. The molecular weight excluding hydrogens is 284 g/mol. The highest BCUT2D eigenvalue weighted by atomic mass is 16.6. The van der Waals surface area contributed by atoms with Crippen LogP contribution >= 0.6 is 0 Å². The SMILES string of the molecule is COc1ccc2c(c1)/[N+]([O-])=[N+](/[O-])c1cc(OC)ccc1CC2. The monoisotopic (exact) mass is 300 g/mol. The van der Waals surface area contributed by atoms with Crippen LogP contribution in [0.2, 0.25) is 0 Å². The summed E-state index contributed by atoms with van der Waals surface area (Å²) in [6, 6.07) is 10.4. The highest BCUT2D eigenvalue weighted by molar-refractivity contribution is 5.50. The second kappa shape index (κ2) is 5.55. The summed E-state index contributed by atoms with van der Waals surface area (Å²) >= 11 is 0. The summed E-state index contributed by atoms with van der Waals surface area (Å²) in [5, 5.41) is 24.9. The smallest absolute Gasteiger partial charge is 0.294 e. The topological polar surface area (TPSA) is 70.6 Å². The van der Waals surface area contributed by atoms with Crippen LogP contribution in [0.15, 0.2) is 36.4 Å². The van der Waals surface area contributed by atoms with Crippen LogP contribution < -0.4 is 9.47 Å². The second-order valence-corrected chi connectivity index (χ2v) is 5.04. The number of methoxy groups -OCH3 is 2. The molecule has 6 heteroatoms. The highest BCUT2D eigenvalue weighted by Crippen LogP contribution is 2.33. The molecule has 3 rings (SSSR count). The molecule has 0 radical (unpaired) electrons. The first-order valence-electron chi connectivity index (χ1n) is 6.92. The lowest BCUT2D eigenvalue weighted by Crippen LogP contribution is -2.15. The van der Waals surface area contributed by atoms with Crippen LogP contribution in [-0.2, 0) is 12.8 Å². The number of azo groups is 1. The van der Waals surface area contributed by atoms with Crippen LogP contribution in [0.3, 0.4) is 0 Å². The van der Waals surface area contributed by atoms with Gasteiger partial charge in [0.2, 0.25) is 0 Å². The van der Waals surface area contributed by atoms with E-state index in [1.807, 2.05) is 12.1 Å². The molecule has 0 unspecified atom stereocenters. The van der Waals surface area contributed by atoms with Gasteiger partial charge in [-0.1, -0.05) is 0 Å². The van der Waals surface area contributed by atoms with Crippen LogP contribution in [0, 0.1) is 10.4 Å². The third kappa shape index (κ3) is 2.32. The van der Waals surface area contributed by atoms with Gasteiger partial charge in [-0.3, -0.25) is 0 Å². The lowest BCUT2D eigenvalue weighted by atomic mass is 10.0. The van der Waals surface area contributed by atoms with Crippen LogP contribution in [0.4, 0.5) is 11.4 Å². The van der Waals surface area contributed by atoms with Crippen molar-refractivity contribution in [2.45, 2.75) is 12.8 Å². The number of aryl methyl sites for hydroxylation is 2. The van der Waals surface area contributed by atoms with Gasteiger partial charge in [0.25, 0.3) is 11.4 Å². The van der Waals surface area contributed by atoms with Crippen molar-refractivity contribution in [2.75, 3.05) is 14.2 Å². The number of nitrogens with zero attached hydrogens (tertiary/aromatic N) is 2. The number of fused-ring (bicyclic) bond motifs is 2. The van der Waals surface area contributed by atoms with Crippen molar-refractivity contribution < 1.29 is 19.2 Å². The average Bonchev–Trinajstić information content (AvgIpc) is 2.57. The van der Waals surface area contributed by atoms with E-state index in [1.54, 1.807) is 24.3 Å². The zero-order valence-corrected chi connectivity index (χ0v) is 12.4. The van der Waals surface area contributed by atoms with Crippen LogP contribution in [0.25, 0.3) is 0 Å². The van der Waals surface area contributed by atoms with E-state index >= 15 is 0 Å². The number of ether oxygens (including phenoxy) is 2. The largest absolute Gasteiger partial charge is 0.561 e. The Balaban J connectivity index is 2.21. The molecule has 0 bridgehead atoms. The molecule has 1 aliphatic rings. The summed E-state index contributed by atoms with van der Waals surface area (Å²) in [6.45, 7) is 0. The quantitative estimate of drug-likeness (QED) is 0.630. The molecule has 6 nitrogen and oxygen atoms in total. The third-order valence-corrected chi connectivity index (χ3v) is 3.83. The zero-order valence-electron chi connectivity index (χ0n) is 12.4. The van der Waals surface area contributed by atoms with Crippen molar-refractivity contribution in [2.24, 2.45) is 0 Å². The van der Waals surface area contributed by atoms with E-state index in [9.17, 15) is 10.4 Å². The van der Waals surface area contributed by atoms with Gasteiger partial charge in [-0.05, 0) is 37.1 Å². The van der Waals surface area contributed by atoms with E-state index in [0.29, 0.717) is 45.4 Å². The molecule has 114 valence electrons. The van der Waals surface area contributed by atoms with Crippen molar-refractivity contribution in [3.8, 4) is 11.5 Å². The molecule has 1 aliphatic heterocycles. The summed E-state index contributed by atoms with van der Waals surface area (Å²) < 4.78 is 10.3. The molecule has 0 N–H and O–H groups in total. The van der Waals surface area contributed by atoms with E-state index in [2.05, 4.69) is 0 Å². The number of benzene rings is 2. The Bertz CT molecular complexity index is 692. The predicted octanol–water partition coefficient (Wildman–Crippen LogP) is 3.24. The molecular formula is C16H16N2O4. The number of hydrogen-bond donors (Lipinski definition) is 0. The highest BCUT2D eigenvalue weighted by Gasteiger charge is 2.27. The molecule has 0 aliphatic carbocycles. The standard InChI is InChI=1S/C16H16N2O4/c1-21-13-7-5-11-3-4-12-6-8-14(22-2)10-16(12)18(20)17(19)15(11)9-13/h5-10H,3-4H2,1-2H3/b18-17-. The first-order valence-corrected chi connectivity index (χ1v) is 6.92. The van der Waals surface area contributed by atoms with Gasteiger partial charge in [-0.25, -0.2) is 0 Å². The zero-order chi connectivity index (χ0) is 15.7. The minimum Gasteiger partial charge on any atom is -0.561 e. The van der Waals surface area contributed by atoms with E-state index in [4.69, 9.17) is 9.47 Å². The predicted molar refractivity (Wildman–Crippen MR) is 80.0 cm³/mol. The number of rotatable bonds is 2. The minimum absolute atomic E-state index is 0.308. The Labute approximate surface area is 128 Å². The van der Waals surface area contributed by atoms with E-state index in [1.165, 1.54) is 14.2 Å². The molecule has 2 aromatic rings. The fourth-order valence-corrected chi connectivity index (χ4v) is 2.59. The summed E-state index contributed by atoms with van der Waals surface area (Å²) in [7, 11) is 3.05. The van der Waals surface area contributed by atoms with Gasteiger partial charge in [0.1, 0.15) is 11.5 Å². The second-order valence-electron chi connectivity index (χ2n) is 5.04. The van der Waals surface area contributed by atoms with Crippen molar-refractivity contribution >= 4 is 11.4 Å². The fourth-order valence-electron chi connectivity index (χ4n) is 2.59. The van der Waals surface area contributed by atoms with E-state index in [0.717, 1.165) is 11.1 Å². The molecule has 22 heavy (non-hydrogen) atoms. The Hall–Kier alpha value is -2.76. The average molecular weight is 300 g/mol. The van der Waals surface area contributed by atoms with Gasteiger partial charge in [-0.15, -0.1) is 0 Å². The third-order valence-electron chi connectivity index (χ3n) is 3.83. The summed E-state index contributed by atoms with van der Waals surface area (Å²) in [4.78, 5) is 0.713. The van der Waals surface area contributed by atoms with E-state index in [-0.39, 0.29) is 0 Å². The molecule has 0 atom stereocenters. The normalized spacial score (nSPS) is 17.0. The van der Waals surface area contributed by atoms with Crippen LogP contribution in [-0.4, -0.2) is 23.9 Å². The maximum Gasteiger partial charge on any atom is 0.294 e. The first-order chi connectivity index (χ1) is 10.6. The van der Waals surface area contributed by atoms with Crippen molar-refractivity contribution in [3.63, 3.8) is 0 Å². The molecule has 2 aromatic carbocycles. The van der Waals surface area contributed by atoms with Gasteiger partial charge in [-0.2, -0.15) is 0 Å². The molecule has 0 saturated carbocycles. The molecule has 0 spiro atoms. The van der Waals surface area contributed by atoms with Crippen molar-refractivity contribution in [1.29, 1.82) is 0 Å². The maximum absolute atomic E-state index is 12.5. The molecule has 1 heterocycles. The lowest BCUT2D eigenvalue weighted by molar-refractivity contribution is -0.897. The van der Waals surface area contributed by atoms with Gasteiger partial charge in [0.05, 0.1) is 36.1 Å². The molecule has 0 fully saturated rings. The van der Waals surface area contributed by atoms with Crippen LogP contribution in [0.1, 0.15) is 11.1 Å². The number of hydrogen-bond acceptors (Lipinski definition) is 4. The minimum atomic E-state index is 0.308. The van der Waals surface area contributed by atoms with Crippen LogP contribution in [0.5, 0.6) is 11.5 Å². The van der Waals surface area contributed by atoms with Gasteiger partial charge >= 0.3 is 0 Å². The summed E-state index contributed by atoms with van der Waals surface area (Å²) in [5.41, 5.74) is 2.25. The van der Waals surface area contributed by atoms with Crippen molar-refractivity contribution in [3.05, 3.63) is 57.9 Å². The lowest BCUT2D eigenvalue weighted by Gasteiger charge is -2.14. The van der Waals surface area contributed by atoms with Gasteiger partial charge in [0, 0.05) is 11.1 Å². The first kappa shape index (κ1) is 14.2. The molecule has 0 amide bonds. The Kier molecular flexibility index (Phi) is 3.58. The Morgan fingerprint density at radius 2 is 1.18 bits per heavy atom. The summed E-state index contributed by atoms with van der Waals surface area (Å²) in [6.07, 6.45) is 1.34. The maximum atomic E-state index is 12.5. The van der Waals surface area contributed by atoms with Gasteiger partial charge < -0.3 is 19.9 Å². The Morgan fingerprint density at radius 3 is 1.55 bits per heavy atom. The van der Waals surface area contributed by atoms with Crippen molar-refractivity contribution in [1.82, 2.24) is 0 Å². The van der Waals surface area contributed by atoms with E-state index < -0.39 is 0 Å². The summed E-state index contributed by atoms with van der Waals surface area (Å²) in [5.74, 6) is 1.08. The molecule has 0 saturated heterocycles.